The van der Waals surface area contributed by atoms with E-state index in [2.05, 4.69) is 15.5 Å². The molecule has 1 N–H and O–H groups in total. The molecule has 0 saturated heterocycles. The number of halogens is 4. The summed E-state index contributed by atoms with van der Waals surface area (Å²) in [6, 6.07) is 13.8. The van der Waals surface area contributed by atoms with E-state index in [9.17, 15) is 9.59 Å². The molecule has 41 heavy (non-hydrogen) atoms. The molecule has 4 rings (SSSR count). The highest BCUT2D eigenvalue weighted by atomic mass is 35.5. The third-order valence-electron chi connectivity index (χ3n) is 6.06. The van der Waals surface area contributed by atoms with Crippen molar-refractivity contribution in [2.75, 3.05) is 11.4 Å². The Bertz CT molecular complexity index is 1530. The minimum atomic E-state index is -1.31. The number of aryl methyl sites for hydroxylation is 2. The fourth-order valence-corrected chi connectivity index (χ4v) is 5.05. The van der Waals surface area contributed by atoms with Crippen molar-refractivity contribution in [2.24, 2.45) is 0 Å². The standard InChI is InChI=1S/C29H26Cl4N4O4/c1-4-9-35-29(39)40-26-16(2)11-18(12-17(26)3)15-37(28(38)27(32)33)19-8-10-34-22(13-19)24-14-23(36-41-24)25-20(30)6-5-7-21(25)31/h5-8,10-14,27H,4,9,15H2,1-3H3,(H,35,39). The molecule has 0 spiro atoms. The maximum atomic E-state index is 13.1. The average Bonchev–Trinajstić information content (AvgIpc) is 3.42. The van der Waals surface area contributed by atoms with E-state index in [1.807, 2.05) is 32.9 Å². The lowest BCUT2D eigenvalue weighted by Gasteiger charge is -2.24. The van der Waals surface area contributed by atoms with Gasteiger partial charge in [-0.15, -0.1) is 0 Å². The molecule has 2 aromatic heterocycles. The summed E-state index contributed by atoms with van der Waals surface area (Å²) in [7, 11) is 0. The van der Waals surface area contributed by atoms with Gasteiger partial charge in [0.2, 0.25) is 0 Å². The van der Waals surface area contributed by atoms with Gasteiger partial charge in [-0.1, -0.05) is 76.7 Å². The van der Waals surface area contributed by atoms with Crippen molar-refractivity contribution in [1.29, 1.82) is 0 Å². The van der Waals surface area contributed by atoms with Crippen LogP contribution in [0.3, 0.4) is 0 Å². The monoisotopic (exact) mass is 634 g/mol. The van der Waals surface area contributed by atoms with Crippen molar-refractivity contribution in [3.05, 3.63) is 81.5 Å². The van der Waals surface area contributed by atoms with E-state index < -0.39 is 16.8 Å². The normalized spacial score (nSPS) is 11.0. The van der Waals surface area contributed by atoms with E-state index in [1.54, 1.807) is 36.4 Å². The first-order valence-corrected chi connectivity index (χ1v) is 14.2. The number of pyridine rings is 1. The van der Waals surface area contributed by atoms with Gasteiger partial charge in [0.25, 0.3) is 5.91 Å². The molecule has 12 heteroatoms. The molecule has 0 bridgehead atoms. The minimum Gasteiger partial charge on any atom is -0.410 e. The number of ether oxygens (including phenoxy) is 1. The number of carbonyl (C=O) groups is 2. The average molecular weight is 636 g/mol. The van der Waals surface area contributed by atoms with Crippen LogP contribution in [0.1, 0.15) is 30.0 Å². The van der Waals surface area contributed by atoms with Crippen molar-refractivity contribution < 1.29 is 18.8 Å². The molecule has 214 valence electrons. The quantitative estimate of drug-likeness (QED) is 0.186. The predicted molar refractivity (Wildman–Crippen MR) is 162 cm³/mol. The van der Waals surface area contributed by atoms with Gasteiger partial charge in [-0.25, -0.2) is 4.79 Å². The maximum Gasteiger partial charge on any atom is 0.412 e. The van der Waals surface area contributed by atoms with Gasteiger partial charge in [-0.3, -0.25) is 9.78 Å². The lowest BCUT2D eigenvalue weighted by molar-refractivity contribution is -0.117. The number of rotatable bonds is 9. The molecule has 0 atom stereocenters. The second-order valence-corrected chi connectivity index (χ2v) is 11.1. The lowest BCUT2D eigenvalue weighted by Crippen LogP contribution is -2.34. The van der Waals surface area contributed by atoms with Crippen LogP contribution in [0.15, 0.2) is 59.3 Å². The first-order valence-electron chi connectivity index (χ1n) is 12.6. The number of anilines is 1. The zero-order chi connectivity index (χ0) is 29.7. The fraction of sp³-hybridized carbons (Fsp3) is 0.241. The number of carbonyl (C=O) groups excluding carboxylic acids is 2. The van der Waals surface area contributed by atoms with Crippen LogP contribution in [0.2, 0.25) is 10.0 Å². The fourth-order valence-electron chi connectivity index (χ4n) is 4.22. The van der Waals surface area contributed by atoms with Crippen LogP contribution >= 0.6 is 46.4 Å². The second-order valence-electron chi connectivity index (χ2n) is 9.17. The van der Waals surface area contributed by atoms with Crippen molar-refractivity contribution in [3.8, 4) is 28.5 Å². The van der Waals surface area contributed by atoms with E-state index in [0.717, 1.165) is 23.1 Å². The Morgan fingerprint density at radius 1 is 1.02 bits per heavy atom. The van der Waals surface area contributed by atoms with Crippen LogP contribution < -0.4 is 15.0 Å². The van der Waals surface area contributed by atoms with Gasteiger partial charge < -0.3 is 19.5 Å². The van der Waals surface area contributed by atoms with E-state index in [0.29, 0.717) is 50.7 Å². The Morgan fingerprint density at radius 3 is 2.34 bits per heavy atom. The van der Waals surface area contributed by atoms with E-state index in [4.69, 9.17) is 55.7 Å². The number of amides is 2. The number of nitrogens with one attached hydrogen (secondary N) is 1. The highest BCUT2D eigenvalue weighted by Gasteiger charge is 2.24. The minimum absolute atomic E-state index is 0.138. The number of aromatic nitrogens is 2. The molecule has 0 fully saturated rings. The topological polar surface area (TPSA) is 97.6 Å². The Kier molecular flexibility index (Phi) is 10.1. The van der Waals surface area contributed by atoms with Crippen LogP contribution in [0.5, 0.6) is 5.75 Å². The van der Waals surface area contributed by atoms with Gasteiger partial charge in [-0.2, -0.15) is 0 Å². The molecule has 0 unspecified atom stereocenters. The molecular formula is C29H26Cl4N4O4. The lowest BCUT2D eigenvalue weighted by atomic mass is 10.0. The highest BCUT2D eigenvalue weighted by molar-refractivity contribution is 6.54. The molecular weight excluding hydrogens is 610 g/mol. The predicted octanol–water partition coefficient (Wildman–Crippen LogP) is 8.16. The molecule has 4 aromatic rings. The van der Waals surface area contributed by atoms with Crippen LogP contribution in [-0.2, 0) is 11.3 Å². The van der Waals surface area contributed by atoms with Crippen molar-refractivity contribution in [1.82, 2.24) is 15.5 Å². The number of hydrogen-bond donors (Lipinski definition) is 1. The molecule has 0 aliphatic rings. The van der Waals surface area contributed by atoms with Gasteiger partial charge in [0.15, 0.2) is 10.6 Å². The molecule has 2 aromatic carbocycles. The first-order chi connectivity index (χ1) is 19.6. The number of alkyl halides is 2. The summed E-state index contributed by atoms with van der Waals surface area (Å²) in [5, 5.41) is 7.65. The largest absolute Gasteiger partial charge is 0.412 e. The van der Waals surface area contributed by atoms with Gasteiger partial charge >= 0.3 is 6.09 Å². The summed E-state index contributed by atoms with van der Waals surface area (Å²) >= 11 is 24.7. The van der Waals surface area contributed by atoms with Crippen LogP contribution in [0.4, 0.5) is 10.5 Å². The number of hydrogen-bond acceptors (Lipinski definition) is 6. The summed E-state index contributed by atoms with van der Waals surface area (Å²) in [5.41, 5.74) is 4.11. The van der Waals surface area contributed by atoms with Crippen LogP contribution in [0.25, 0.3) is 22.7 Å². The van der Waals surface area contributed by atoms with Gasteiger partial charge in [0, 0.05) is 30.1 Å². The Labute approximate surface area is 257 Å². The van der Waals surface area contributed by atoms with Crippen LogP contribution in [-0.4, -0.2) is 33.5 Å². The van der Waals surface area contributed by atoms with Crippen LogP contribution in [0, 0.1) is 13.8 Å². The molecule has 2 heterocycles. The van der Waals surface area contributed by atoms with Crippen molar-refractivity contribution in [3.63, 3.8) is 0 Å². The van der Waals surface area contributed by atoms with E-state index in [1.165, 1.54) is 11.1 Å². The second kappa shape index (κ2) is 13.6. The summed E-state index contributed by atoms with van der Waals surface area (Å²) in [4.78, 5) is 29.8. The Hall–Kier alpha value is -3.30. The first kappa shape index (κ1) is 30.7. The molecule has 8 nitrogen and oxygen atoms in total. The zero-order valence-corrected chi connectivity index (χ0v) is 25.4. The third-order valence-corrected chi connectivity index (χ3v) is 7.07. The summed E-state index contributed by atoms with van der Waals surface area (Å²) in [6.45, 7) is 6.26. The molecule has 2 amide bonds. The van der Waals surface area contributed by atoms with Gasteiger partial charge in [0.05, 0.1) is 16.6 Å². The Balaban J connectivity index is 1.64. The molecule has 0 aliphatic carbocycles. The third kappa shape index (κ3) is 7.32. The van der Waals surface area contributed by atoms with Crippen molar-refractivity contribution >= 4 is 64.1 Å². The number of nitrogens with zero attached hydrogens (tertiary/aromatic N) is 3. The summed E-state index contributed by atoms with van der Waals surface area (Å²) in [5.74, 6) is 0.271. The summed E-state index contributed by atoms with van der Waals surface area (Å²) in [6.07, 6.45) is 1.81. The van der Waals surface area contributed by atoms with Gasteiger partial charge in [0.1, 0.15) is 17.1 Å². The zero-order valence-electron chi connectivity index (χ0n) is 22.4. The SMILES string of the molecule is CCCNC(=O)Oc1c(C)cc(CN(C(=O)C(Cl)Cl)c2ccnc(-c3cc(-c4c(Cl)cccc4Cl)no3)c2)cc1C. The molecule has 0 saturated carbocycles. The van der Waals surface area contributed by atoms with E-state index >= 15 is 0 Å². The van der Waals surface area contributed by atoms with E-state index in [-0.39, 0.29) is 6.54 Å². The molecule has 0 radical (unpaired) electrons. The van der Waals surface area contributed by atoms with Gasteiger partial charge in [-0.05, 0) is 61.2 Å². The number of benzene rings is 2. The van der Waals surface area contributed by atoms with Crippen molar-refractivity contribution in [2.45, 2.75) is 38.6 Å². The summed E-state index contributed by atoms with van der Waals surface area (Å²) < 4.78 is 11.1. The maximum absolute atomic E-state index is 13.1. The smallest absolute Gasteiger partial charge is 0.410 e. The molecule has 0 aliphatic heterocycles. The Morgan fingerprint density at radius 2 is 1.71 bits per heavy atom. The highest BCUT2D eigenvalue weighted by Crippen LogP contribution is 2.36.